The van der Waals surface area contributed by atoms with Crippen LogP contribution >= 0.6 is 0 Å². The smallest absolute Gasteiger partial charge is 0.0597 e. The highest BCUT2D eigenvalue weighted by molar-refractivity contribution is 7.85. The molecule has 0 aliphatic carbocycles. The zero-order chi connectivity index (χ0) is 9.10. The van der Waals surface area contributed by atoms with Crippen molar-refractivity contribution in [1.29, 1.82) is 0 Å². The SMILES string of the molecule is O=S1CCCCC1c1ccccc1. The third-order valence-electron chi connectivity index (χ3n) is 2.55. The first-order valence-corrected chi connectivity index (χ1v) is 6.18. The van der Waals surface area contributed by atoms with Gasteiger partial charge in [-0.05, 0) is 18.4 Å². The van der Waals surface area contributed by atoms with E-state index in [0.717, 1.165) is 18.6 Å². The topological polar surface area (TPSA) is 17.1 Å². The predicted molar refractivity (Wildman–Crippen MR) is 56.0 cm³/mol. The molecule has 1 nitrogen and oxygen atoms in total. The second-order valence-corrected chi connectivity index (χ2v) is 5.22. The van der Waals surface area contributed by atoms with Crippen LogP contribution in [0.1, 0.15) is 30.1 Å². The predicted octanol–water partition coefficient (Wildman–Crippen LogP) is 2.66. The highest BCUT2D eigenvalue weighted by Crippen LogP contribution is 2.30. The van der Waals surface area contributed by atoms with Gasteiger partial charge in [0.25, 0.3) is 0 Å². The monoisotopic (exact) mass is 194 g/mol. The van der Waals surface area contributed by atoms with Gasteiger partial charge in [-0.25, -0.2) is 0 Å². The summed E-state index contributed by atoms with van der Waals surface area (Å²) in [6.07, 6.45) is 3.46. The Hall–Kier alpha value is -0.630. The summed E-state index contributed by atoms with van der Waals surface area (Å²) in [7, 11) is -0.629. The zero-order valence-corrected chi connectivity index (χ0v) is 8.43. The van der Waals surface area contributed by atoms with Crippen LogP contribution < -0.4 is 0 Å². The average molecular weight is 194 g/mol. The standard InChI is InChI=1S/C11H14OS/c12-13-9-5-4-8-11(13)10-6-2-1-3-7-10/h1-3,6-7,11H,4-5,8-9H2. The Balaban J connectivity index is 2.20. The van der Waals surface area contributed by atoms with Crippen LogP contribution in [0.2, 0.25) is 0 Å². The van der Waals surface area contributed by atoms with Gasteiger partial charge in [0.1, 0.15) is 0 Å². The zero-order valence-electron chi connectivity index (χ0n) is 7.61. The van der Waals surface area contributed by atoms with Crippen LogP contribution in [0.3, 0.4) is 0 Å². The maximum atomic E-state index is 11.7. The van der Waals surface area contributed by atoms with Gasteiger partial charge < -0.3 is 0 Å². The summed E-state index contributed by atoms with van der Waals surface area (Å²) in [5.74, 6) is 0.888. The highest BCUT2D eigenvalue weighted by Gasteiger charge is 2.21. The van der Waals surface area contributed by atoms with E-state index in [0.29, 0.717) is 5.25 Å². The van der Waals surface area contributed by atoms with Gasteiger partial charge in [-0.2, -0.15) is 0 Å². The number of hydrogen-bond acceptors (Lipinski definition) is 1. The van der Waals surface area contributed by atoms with Gasteiger partial charge in [0.15, 0.2) is 0 Å². The molecule has 2 rings (SSSR count). The van der Waals surface area contributed by atoms with Gasteiger partial charge in [0.05, 0.1) is 5.25 Å². The summed E-state index contributed by atoms with van der Waals surface area (Å²) < 4.78 is 11.7. The van der Waals surface area contributed by atoms with Crippen LogP contribution in [0.4, 0.5) is 0 Å². The van der Waals surface area contributed by atoms with Crippen molar-refractivity contribution in [3.8, 4) is 0 Å². The van der Waals surface area contributed by atoms with E-state index in [1.165, 1.54) is 12.0 Å². The molecule has 1 heterocycles. The minimum atomic E-state index is -0.629. The first-order valence-electron chi connectivity index (χ1n) is 4.80. The van der Waals surface area contributed by atoms with E-state index in [2.05, 4.69) is 12.1 Å². The molecule has 1 aliphatic heterocycles. The molecular formula is C11H14OS. The second kappa shape index (κ2) is 4.05. The van der Waals surface area contributed by atoms with E-state index in [-0.39, 0.29) is 0 Å². The molecule has 1 aromatic rings. The van der Waals surface area contributed by atoms with E-state index < -0.39 is 10.8 Å². The van der Waals surface area contributed by atoms with Gasteiger partial charge in [-0.15, -0.1) is 0 Å². The molecule has 2 atom stereocenters. The summed E-state index contributed by atoms with van der Waals surface area (Å²) in [5, 5.41) is 0.301. The Bertz CT molecular complexity index is 294. The quantitative estimate of drug-likeness (QED) is 0.671. The molecule has 0 spiro atoms. The first kappa shape index (κ1) is 8.95. The lowest BCUT2D eigenvalue weighted by Crippen LogP contribution is -2.15. The van der Waals surface area contributed by atoms with Crippen LogP contribution in [0, 0.1) is 0 Å². The van der Waals surface area contributed by atoms with Gasteiger partial charge in [-0.3, -0.25) is 4.21 Å². The first-order chi connectivity index (χ1) is 6.38. The Morgan fingerprint density at radius 2 is 1.92 bits per heavy atom. The fraction of sp³-hybridized carbons (Fsp3) is 0.455. The Kier molecular flexibility index (Phi) is 2.79. The maximum absolute atomic E-state index is 11.7. The minimum absolute atomic E-state index is 0.301. The Morgan fingerprint density at radius 3 is 2.62 bits per heavy atom. The third-order valence-corrected chi connectivity index (χ3v) is 4.38. The van der Waals surface area contributed by atoms with Gasteiger partial charge >= 0.3 is 0 Å². The summed E-state index contributed by atoms with van der Waals surface area (Å²) in [6, 6.07) is 10.2. The molecule has 70 valence electrons. The fourth-order valence-corrected chi connectivity index (χ4v) is 3.50. The van der Waals surface area contributed by atoms with E-state index >= 15 is 0 Å². The maximum Gasteiger partial charge on any atom is 0.0597 e. The van der Waals surface area contributed by atoms with E-state index in [1.54, 1.807) is 0 Å². The van der Waals surface area contributed by atoms with Crippen molar-refractivity contribution in [2.24, 2.45) is 0 Å². The van der Waals surface area contributed by atoms with E-state index in [9.17, 15) is 4.21 Å². The lowest BCUT2D eigenvalue weighted by Gasteiger charge is -2.21. The normalized spacial score (nSPS) is 28.6. The molecule has 1 saturated heterocycles. The molecule has 1 aliphatic rings. The number of rotatable bonds is 1. The molecule has 2 unspecified atom stereocenters. The number of hydrogen-bond donors (Lipinski definition) is 0. The molecule has 13 heavy (non-hydrogen) atoms. The van der Waals surface area contributed by atoms with Gasteiger partial charge in [0, 0.05) is 16.6 Å². The lowest BCUT2D eigenvalue weighted by atomic mass is 10.1. The summed E-state index contributed by atoms with van der Waals surface area (Å²) in [6.45, 7) is 0. The molecule has 0 radical (unpaired) electrons. The van der Waals surface area contributed by atoms with Gasteiger partial charge in [0.2, 0.25) is 0 Å². The van der Waals surface area contributed by atoms with Gasteiger partial charge in [-0.1, -0.05) is 36.8 Å². The summed E-state index contributed by atoms with van der Waals surface area (Å²) in [4.78, 5) is 0. The summed E-state index contributed by atoms with van der Waals surface area (Å²) in [5.41, 5.74) is 1.25. The highest BCUT2D eigenvalue weighted by atomic mass is 32.2. The molecule has 2 heteroatoms. The van der Waals surface area contributed by atoms with Crippen LogP contribution in [-0.4, -0.2) is 9.96 Å². The van der Waals surface area contributed by atoms with Crippen molar-refractivity contribution < 1.29 is 4.21 Å². The largest absolute Gasteiger partial charge is 0.259 e. The average Bonchev–Trinajstić information content (AvgIpc) is 2.20. The Labute approximate surface area is 81.6 Å². The van der Waals surface area contributed by atoms with Crippen molar-refractivity contribution >= 4 is 10.8 Å². The molecule has 0 saturated carbocycles. The van der Waals surface area contributed by atoms with Crippen LogP contribution in [-0.2, 0) is 10.8 Å². The molecule has 0 aromatic heterocycles. The molecule has 1 aromatic carbocycles. The molecule has 0 N–H and O–H groups in total. The third kappa shape index (κ3) is 1.99. The molecule has 0 amide bonds. The van der Waals surface area contributed by atoms with E-state index in [4.69, 9.17) is 0 Å². The van der Waals surface area contributed by atoms with Crippen LogP contribution in [0.15, 0.2) is 30.3 Å². The van der Waals surface area contributed by atoms with Crippen molar-refractivity contribution in [2.75, 3.05) is 5.75 Å². The van der Waals surface area contributed by atoms with Crippen molar-refractivity contribution in [2.45, 2.75) is 24.5 Å². The van der Waals surface area contributed by atoms with Crippen molar-refractivity contribution in [1.82, 2.24) is 0 Å². The van der Waals surface area contributed by atoms with Crippen LogP contribution in [0.25, 0.3) is 0 Å². The second-order valence-electron chi connectivity index (χ2n) is 3.48. The van der Waals surface area contributed by atoms with E-state index in [1.807, 2.05) is 18.2 Å². The van der Waals surface area contributed by atoms with Crippen LogP contribution in [0.5, 0.6) is 0 Å². The molecular weight excluding hydrogens is 180 g/mol. The number of benzene rings is 1. The summed E-state index contributed by atoms with van der Waals surface area (Å²) >= 11 is 0. The van der Waals surface area contributed by atoms with Crippen molar-refractivity contribution in [3.05, 3.63) is 35.9 Å². The molecule has 0 bridgehead atoms. The Morgan fingerprint density at radius 1 is 1.15 bits per heavy atom. The minimum Gasteiger partial charge on any atom is -0.259 e. The lowest BCUT2D eigenvalue weighted by molar-refractivity contribution is 0.619. The van der Waals surface area contributed by atoms with Crippen molar-refractivity contribution in [3.63, 3.8) is 0 Å². The fourth-order valence-electron chi connectivity index (χ4n) is 1.83. The molecule has 1 fully saturated rings.